The number of aromatic nitrogens is 1. The van der Waals surface area contributed by atoms with E-state index in [0.717, 1.165) is 25.1 Å². The van der Waals surface area contributed by atoms with Crippen LogP contribution in [0.3, 0.4) is 0 Å². The van der Waals surface area contributed by atoms with Crippen molar-refractivity contribution in [3.05, 3.63) is 39.7 Å². The molecule has 0 saturated carbocycles. The highest BCUT2D eigenvalue weighted by Gasteiger charge is 2.28. The number of hydrogen-bond acceptors (Lipinski definition) is 4. The minimum absolute atomic E-state index is 0.310. The van der Waals surface area contributed by atoms with E-state index >= 15 is 0 Å². The highest BCUT2D eigenvalue weighted by atomic mass is 32.1. The fourth-order valence-electron chi connectivity index (χ4n) is 4.93. The lowest BCUT2D eigenvalue weighted by Gasteiger charge is -2.32. The van der Waals surface area contributed by atoms with E-state index in [4.69, 9.17) is 10.1 Å². The van der Waals surface area contributed by atoms with E-state index in [1.54, 1.807) is 0 Å². The molecular formula is C24H34N2OS. The predicted octanol–water partition coefficient (Wildman–Crippen LogP) is 5.38. The summed E-state index contributed by atoms with van der Waals surface area (Å²) in [6.07, 6.45) is 8.25. The van der Waals surface area contributed by atoms with Crippen molar-refractivity contribution in [1.82, 2.24) is 9.88 Å². The lowest BCUT2D eigenvalue weighted by Crippen LogP contribution is -2.33. The third-order valence-electron chi connectivity index (χ3n) is 6.72. The Morgan fingerprint density at radius 3 is 2.82 bits per heavy atom. The Labute approximate surface area is 173 Å². The van der Waals surface area contributed by atoms with Gasteiger partial charge in [0.2, 0.25) is 0 Å². The Balaban J connectivity index is 1.41. The summed E-state index contributed by atoms with van der Waals surface area (Å²) in [5.41, 5.74) is 5.83. The first-order chi connectivity index (χ1) is 13.6. The SMILES string of the molecule is CC1(C)CCCc2cc(-c3csc(C4CCN(CCCCO)CC4)n3)ccc21. The van der Waals surface area contributed by atoms with Crippen LogP contribution < -0.4 is 0 Å². The van der Waals surface area contributed by atoms with Gasteiger partial charge in [0.15, 0.2) is 0 Å². The molecule has 1 fully saturated rings. The molecule has 4 heteroatoms. The second-order valence-corrected chi connectivity index (χ2v) is 10.1. The van der Waals surface area contributed by atoms with Gasteiger partial charge in [-0.1, -0.05) is 26.0 Å². The molecule has 4 rings (SSSR count). The van der Waals surface area contributed by atoms with E-state index in [2.05, 4.69) is 42.3 Å². The van der Waals surface area contributed by atoms with E-state index in [-0.39, 0.29) is 0 Å². The van der Waals surface area contributed by atoms with Crippen LogP contribution in [0.15, 0.2) is 23.6 Å². The lowest BCUT2D eigenvalue weighted by molar-refractivity contribution is 0.199. The van der Waals surface area contributed by atoms with Crippen molar-refractivity contribution < 1.29 is 5.11 Å². The zero-order valence-corrected chi connectivity index (χ0v) is 18.2. The second-order valence-electron chi connectivity index (χ2n) is 9.23. The monoisotopic (exact) mass is 398 g/mol. The molecule has 0 amide bonds. The Morgan fingerprint density at radius 1 is 1.21 bits per heavy atom. The Kier molecular flexibility index (Phi) is 6.19. The van der Waals surface area contributed by atoms with E-state index in [1.165, 1.54) is 66.9 Å². The third kappa shape index (κ3) is 4.34. The summed E-state index contributed by atoms with van der Waals surface area (Å²) in [5, 5.41) is 12.5. The summed E-state index contributed by atoms with van der Waals surface area (Å²) in [5.74, 6) is 0.615. The first-order valence-corrected chi connectivity index (χ1v) is 11.9. The van der Waals surface area contributed by atoms with E-state index in [0.29, 0.717) is 17.9 Å². The number of fused-ring (bicyclic) bond motifs is 1. The molecule has 0 radical (unpaired) electrons. The van der Waals surface area contributed by atoms with Crippen LogP contribution in [0.5, 0.6) is 0 Å². The van der Waals surface area contributed by atoms with Crippen LogP contribution in [0.2, 0.25) is 0 Å². The average Bonchev–Trinajstić information content (AvgIpc) is 3.18. The number of unbranched alkanes of at least 4 members (excludes halogenated alkanes) is 1. The Bertz CT molecular complexity index is 790. The molecule has 1 saturated heterocycles. The van der Waals surface area contributed by atoms with Gasteiger partial charge in [-0.25, -0.2) is 4.98 Å². The highest BCUT2D eigenvalue weighted by molar-refractivity contribution is 7.10. The van der Waals surface area contributed by atoms with Crippen molar-refractivity contribution in [1.29, 1.82) is 0 Å². The van der Waals surface area contributed by atoms with Gasteiger partial charge in [0.25, 0.3) is 0 Å². The minimum atomic E-state index is 0.310. The summed E-state index contributed by atoms with van der Waals surface area (Å²) in [7, 11) is 0. The van der Waals surface area contributed by atoms with Crippen LogP contribution in [0, 0.1) is 0 Å². The molecule has 1 aromatic heterocycles. The summed E-state index contributed by atoms with van der Waals surface area (Å²) >= 11 is 1.85. The summed E-state index contributed by atoms with van der Waals surface area (Å²) < 4.78 is 0. The number of aliphatic hydroxyl groups excluding tert-OH is 1. The summed E-state index contributed by atoms with van der Waals surface area (Å²) in [6, 6.07) is 7.04. The molecule has 152 valence electrons. The molecule has 2 aliphatic rings. The van der Waals surface area contributed by atoms with Crippen molar-refractivity contribution >= 4 is 11.3 Å². The maximum Gasteiger partial charge on any atom is 0.0964 e. The van der Waals surface area contributed by atoms with Crippen LogP contribution in [-0.2, 0) is 11.8 Å². The van der Waals surface area contributed by atoms with Crippen molar-refractivity contribution in [3.8, 4) is 11.3 Å². The molecule has 0 spiro atoms. The van der Waals surface area contributed by atoms with Gasteiger partial charge in [0.1, 0.15) is 0 Å². The zero-order valence-electron chi connectivity index (χ0n) is 17.4. The predicted molar refractivity (Wildman–Crippen MR) is 118 cm³/mol. The molecule has 1 N–H and O–H groups in total. The van der Waals surface area contributed by atoms with Crippen LogP contribution in [0.4, 0.5) is 0 Å². The van der Waals surface area contributed by atoms with E-state index in [1.807, 2.05) is 11.3 Å². The number of aryl methyl sites for hydroxylation is 1. The largest absolute Gasteiger partial charge is 0.396 e. The van der Waals surface area contributed by atoms with Gasteiger partial charge in [0.05, 0.1) is 10.7 Å². The van der Waals surface area contributed by atoms with Gasteiger partial charge in [-0.2, -0.15) is 0 Å². The highest BCUT2D eigenvalue weighted by Crippen LogP contribution is 2.39. The zero-order chi connectivity index (χ0) is 19.6. The van der Waals surface area contributed by atoms with E-state index in [9.17, 15) is 0 Å². The second kappa shape index (κ2) is 8.64. The van der Waals surface area contributed by atoms with Crippen LogP contribution in [-0.4, -0.2) is 41.2 Å². The van der Waals surface area contributed by atoms with E-state index < -0.39 is 0 Å². The normalized spacial score (nSPS) is 20.2. The first kappa shape index (κ1) is 20.1. The van der Waals surface area contributed by atoms with Crippen molar-refractivity contribution in [2.45, 2.75) is 70.1 Å². The van der Waals surface area contributed by atoms with Crippen molar-refractivity contribution in [2.75, 3.05) is 26.2 Å². The molecular weight excluding hydrogens is 364 g/mol. The lowest BCUT2D eigenvalue weighted by atomic mass is 9.72. The fourth-order valence-corrected chi connectivity index (χ4v) is 5.93. The van der Waals surface area contributed by atoms with Crippen molar-refractivity contribution in [3.63, 3.8) is 0 Å². The van der Waals surface area contributed by atoms with Gasteiger partial charge in [-0.15, -0.1) is 11.3 Å². The minimum Gasteiger partial charge on any atom is -0.396 e. The van der Waals surface area contributed by atoms with Crippen molar-refractivity contribution in [2.24, 2.45) is 0 Å². The summed E-state index contributed by atoms with van der Waals surface area (Å²) in [6.45, 7) is 8.53. The Hall–Kier alpha value is -1.23. The van der Waals surface area contributed by atoms with Gasteiger partial charge in [0, 0.05) is 23.5 Å². The number of nitrogens with zero attached hydrogens (tertiary/aromatic N) is 2. The topological polar surface area (TPSA) is 36.4 Å². The number of hydrogen-bond donors (Lipinski definition) is 1. The number of piperidine rings is 1. The van der Waals surface area contributed by atoms with Crippen LogP contribution in [0.25, 0.3) is 11.3 Å². The molecule has 1 aliphatic carbocycles. The van der Waals surface area contributed by atoms with Gasteiger partial charge < -0.3 is 10.0 Å². The van der Waals surface area contributed by atoms with Gasteiger partial charge in [-0.3, -0.25) is 0 Å². The maximum absolute atomic E-state index is 8.95. The molecule has 2 heterocycles. The standard InChI is InChI=1S/C24H34N2OS/c1-24(2)11-5-6-19-16-20(7-8-21(19)24)22-17-28-23(25-22)18-9-13-26(14-10-18)12-3-4-15-27/h7-8,16-18,27H,3-6,9-15H2,1-2H3. The maximum atomic E-state index is 8.95. The quantitative estimate of drug-likeness (QED) is 0.664. The smallest absolute Gasteiger partial charge is 0.0964 e. The molecule has 0 atom stereocenters. The molecule has 2 aromatic rings. The molecule has 3 nitrogen and oxygen atoms in total. The Morgan fingerprint density at radius 2 is 2.04 bits per heavy atom. The number of thiazole rings is 1. The van der Waals surface area contributed by atoms with Crippen LogP contribution in [0.1, 0.15) is 74.4 Å². The molecule has 0 bridgehead atoms. The van der Waals surface area contributed by atoms with Crippen LogP contribution >= 0.6 is 11.3 Å². The average molecular weight is 399 g/mol. The third-order valence-corrected chi connectivity index (χ3v) is 7.73. The fraction of sp³-hybridized carbons (Fsp3) is 0.625. The number of aliphatic hydroxyl groups is 1. The molecule has 28 heavy (non-hydrogen) atoms. The first-order valence-electron chi connectivity index (χ1n) is 11.0. The molecule has 1 aromatic carbocycles. The summed E-state index contributed by atoms with van der Waals surface area (Å²) in [4.78, 5) is 7.60. The molecule has 0 unspecified atom stereocenters. The van der Waals surface area contributed by atoms with Gasteiger partial charge in [-0.05, 0) is 87.2 Å². The number of likely N-dealkylation sites (tertiary alicyclic amines) is 1. The number of rotatable bonds is 6. The number of benzene rings is 1. The molecule has 1 aliphatic heterocycles. The van der Waals surface area contributed by atoms with Gasteiger partial charge >= 0.3 is 0 Å².